The van der Waals surface area contributed by atoms with E-state index in [2.05, 4.69) is 15.2 Å². The second kappa shape index (κ2) is 5.74. The molecule has 1 atom stereocenters. The van der Waals surface area contributed by atoms with Crippen molar-refractivity contribution < 1.29 is 4.79 Å². The van der Waals surface area contributed by atoms with E-state index in [1.165, 1.54) is 12.8 Å². The number of hydrogen-bond acceptors (Lipinski definition) is 3. The maximum absolute atomic E-state index is 12.5. The van der Waals surface area contributed by atoms with Gasteiger partial charge in [-0.1, -0.05) is 12.1 Å². The molecule has 4 N–H and O–H groups in total. The highest BCUT2D eigenvalue weighted by molar-refractivity contribution is 5.93. The largest absolute Gasteiger partial charge is 0.399 e. The molecule has 3 saturated heterocycles. The van der Waals surface area contributed by atoms with E-state index in [4.69, 9.17) is 5.73 Å². The Morgan fingerprint density at radius 3 is 2.74 bits per heavy atom. The minimum absolute atomic E-state index is 0.0299. The molecule has 2 aromatic rings. The molecule has 5 nitrogen and oxygen atoms in total. The highest BCUT2D eigenvalue weighted by Crippen LogP contribution is 2.30. The fourth-order valence-corrected chi connectivity index (χ4v) is 3.75. The van der Waals surface area contributed by atoms with Crippen LogP contribution in [-0.2, 0) is 0 Å². The second-order valence-electron chi connectivity index (χ2n) is 6.62. The Balaban J connectivity index is 1.47. The first kappa shape index (κ1) is 14.3. The van der Waals surface area contributed by atoms with Crippen LogP contribution in [0.1, 0.15) is 29.8 Å². The molecule has 23 heavy (non-hydrogen) atoms. The maximum Gasteiger partial charge on any atom is 0.268 e. The maximum atomic E-state index is 12.5. The summed E-state index contributed by atoms with van der Waals surface area (Å²) in [5.74, 6) is 0.745. The molecule has 3 aliphatic heterocycles. The van der Waals surface area contributed by atoms with Crippen molar-refractivity contribution in [3.05, 3.63) is 42.1 Å². The van der Waals surface area contributed by atoms with Gasteiger partial charge in [-0.15, -0.1) is 0 Å². The van der Waals surface area contributed by atoms with E-state index in [9.17, 15) is 4.79 Å². The Morgan fingerprint density at radius 2 is 2.04 bits per heavy atom. The number of nitrogens with one attached hydrogen (secondary N) is 2. The fraction of sp³-hybridized carbons (Fsp3) is 0.389. The van der Waals surface area contributed by atoms with E-state index in [1.807, 2.05) is 36.4 Å². The Hall–Kier alpha value is -2.27. The first-order valence-electron chi connectivity index (χ1n) is 8.29. The molecule has 3 fully saturated rings. The van der Waals surface area contributed by atoms with Gasteiger partial charge >= 0.3 is 0 Å². The number of piperidine rings is 3. The Morgan fingerprint density at radius 1 is 1.22 bits per heavy atom. The third kappa shape index (κ3) is 2.84. The van der Waals surface area contributed by atoms with Crippen LogP contribution in [-0.4, -0.2) is 35.0 Å². The van der Waals surface area contributed by atoms with Gasteiger partial charge in [-0.3, -0.25) is 9.69 Å². The molecule has 0 radical (unpaired) electrons. The number of rotatable bonds is 3. The first-order chi connectivity index (χ1) is 11.2. The molecule has 0 aliphatic carbocycles. The third-order valence-corrected chi connectivity index (χ3v) is 5.07. The molecule has 120 valence electrons. The zero-order valence-electron chi connectivity index (χ0n) is 13.1. The molecule has 4 heterocycles. The van der Waals surface area contributed by atoms with Gasteiger partial charge in [0.2, 0.25) is 0 Å². The third-order valence-electron chi connectivity index (χ3n) is 5.07. The van der Waals surface area contributed by atoms with Crippen LogP contribution in [0.15, 0.2) is 36.4 Å². The smallest absolute Gasteiger partial charge is 0.268 e. The van der Waals surface area contributed by atoms with Gasteiger partial charge in [0.05, 0.1) is 6.17 Å². The molecule has 1 aromatic heterocycles. The van der Waals surface area contributed by atoms with Crippen LogP contribution in [0.3, 0.4) is 0 Å². The summed E-state index contributed by atoms with van der Waals surface area (Å²) in [5.41, 5.74) is 9.04. The average Bonchev–Trinajstić information content (AvgIpc) is 3.06. The molecule has 1 amide bonds. The van der Waals surface area contributed by atoms with Gasteiger partial charge in [0, 0.05) is 24.5 Å². The summed E-state index contributed by atoms with van der Waals surface area (Å²) >= 11 is 0. The number of nitrogens with two attached hydrogens (primary N) is 1. The van der Waals surface area contributed by atoms with E-state index in [0.29, 0.717) is 11.4 Å². The molecule has 2 bridgehead atoms. The normalized spacial score (nSPS) is 26.2. The minimum atomic E-state index is -0.0299. The van der Waals surface area contributed by atoms with Crippen LogP contribution in [0.5, 0.6) is 0 Å². The van der Waals surface area contributed by atoms with Crippen molar-refractivity contribution in [1.29, 1.82) is 0 Å². The number of aromatic nitrogens is 1. The molecule has 1 unspecified atom stereocenters. The lowest BCUT2D eigenvalue weighted by atomic mass is 9.86. The van der Waals surface area contributed by atoms with Gasteiger partial charge in [0.1, 0.15) is 5.69 Å². The van der Waals surface area contributed by atoms with Gasteiger partial charge in [0.25, 0.3) is 5.91 Å². The monoisotopic (exact) mass is 310 g/mol. The van der Waals surface area contributed by atoms with E-state index >= 15 is 0 Å². The van der Waals surface area contributed by atoms with E-state index < -0.39 is 0 Å². The number of nitrogens with zero attached hydrogens (tertiary/aromatic N) is 1. The molecule has 1 aromatic carbocycles. The van der Waals surface area contributed by atoms with Crippen LogP contribution in [0.2, 0.25) is 0 Å². The number of hydrogen-bond donors (Lipinski definition) is 3. The fourth-order valence-electron chi connectivity index (χ4n) is 3.75. The number of carbonyl (C=O) groups excluding carboxylic acids is 1. The standard InChI is InChI=1S/C18H22N4O/c19-14-3-1-2-13(11-14)15-4-5-16(20-15)18(23)21-17-10-12-6-8-22(17)9-7-12/h1-5,11-12,17,20H,6-10,19H2,(H,21,23). The number of amides is 1. The summed E-state index contributed by atoms with van der Waals surface area (Å²) in [4.78, 5) is 18.1. The molecule has 5 rings (SSSR count). The summed E-state index contributed by atoms with van der Waals surface area (Å²) in [5, 5.41) is 3.17. The molecular weight excluding hydrogens is 288 g/mol. The summed E-state index contributed by atoms with van der Waals surface area (Å²) in [6.07, 6.45) is 3.81. The van der Waals surface area contributed by atoms with Gasteiger partial charge in [-0.05, 0) is 55.0 Å². The van der Waals surface area contributed by atoms with Gasteiger partial charge in [0.15, 0.2) is 0 Å². The SMILES string of the molecule is Nc1cccc(-c2ccc(C(=O)NC3CC4CCN3CC4)[nH]2)c1. The van der Waals surface area contributed by atoms with Gasteiger partial charge < -0.3 is 16.0 Å². The van der Waals surface area contributed by atoms with Crippen molar-refractivity contribution in [3.63, 3.8) is 0 Å². The van der Waals surface area contributed by atoms with Crippen LogP contribution < -0.4 is 11.1 Å². The molecule has 5 heteroatoms. The number of H-pyrrole nitrogens is 1. The molecule has 0 saturated carbocycles. The number of nitrogen functional groups attached to an aromatic ring is 1. The van der Waals surface area contributed by atoms with Crippen molar-refractivity contribution in [2.24, 2.45) is 5.92 Å². The van der Waals surface area contributed by atoms with Crippen molar-refractivity contribution >= 4 is 11.6 Å². The Labute approximate surface area is 135 Å². The second-order valence-corrected chi connectivity index (χ2v) is 6.62. The van der Waals surface area contributed by atoms with Crippen LogP contribution in [0.4, 0.5) is 5.69 Å². The van der Waals surface area contributed by atoms with Crippen molar-refractivity contribution in [2.75, 3.05) is 18.8 Å². The topological polar surface area (TPSA) is 74.2 Å². The minimum Gasteiger partial charge on any atom is -0.399 e. The lowest BCUT2D eigenvalue weighted by Crippen LogP contribution is -2.56. The molecule has 3 aliphatic rings. The summed E-state index contributed by atoms with van der Waals surface area (Å²) in [6, 6.07) is 11.4. The number of fused-ring (bicyclic) bond motifs is 3. The zero-order chi connectivity index (χ0) is 15.8. The number of aromatic amines is 1. The van der Waals surface area contributed by atoms with Gasteiger partial charge in [-0.25, -0.2) is 0 Å². The van der Waals surface area contributed by atoms with E-state index in [-0.39, 0.29) is 12.1 Å². The predicted octanol–water partition coefficient (Wildman–Crippen LogP) is 2.44. The lowest BCUT2D eigenvalue weighted by molar-refractivity contribution is 0.0293. The first-order valence-corrected chi connectivity index (χ1v) is 8.29. The van der Waals surface area contributed by atoms with Crippen molar-refractivity contribution in [2.45, 2.75) is 25.4 Å². The lowest BCUT2D eigenvalue weighted by Gasteiger charge is -2.45. The van der Waals surface area contributed by atoms with Crippen molar-refractivity contribution in [3.8, 4) is 11.3 Å². The number of benzene rings is 1. The van der Waals surface area contributed by atoms with Crippen molar-refractivity contribution in [1.82, 2.24) is 15.2 Å². The van der Waals surface area contributed by atoms with Crippen LogP contribution in [0, 0.1) is 5.92 Å². The number of anilines is 1. The summed E-state index contributed by atoms with van der Waals surface area (Å²) in [6.45, 7) is 2.21. The zero-order valence-corrected chi connectivity index (χ0v) is 13.1. The highest BCUT2D eigenvalue weighted by atomic mass is 16.2. The van der Waals surface area contributed by atoms with Crippen LogP contribution >= 0.6 is 0 Å². The highest BCUT2D eigenvalue weighted by Gasteiger charge is 2.34. The Kier molecular flexibility index (Phi) is 3.58. The average molecular weight is 310 g/mol. The quantitative estimate of drug-likeness (QED) is 0.762. The Bertz CT molecular complexity index is 715. The summed E-state index contributed by atoms with van der Waals surface area (Å²) in [7, 11) is 0. The van der Waals surface area contributed by atoms with Gasteiger partial charge in [-0.2, -0.15) is 0 Å². The van der Waals surface area contributed by atoms with Crippen LogP contribution in [0.25, 0.3) is 11.3 Å². The van der Waals surface area contributed by atoms with E-state index in [0.717, 1.165) is 36.7 Å². The molecule has 0 spiro atoms. The van der Waals surface area contributed by atoms with E-state index in [1.54, 1.807) is 0 Å². The molecular formula is C18H22N4O. The number of carbonyl (C=O) groups is 1. The summed E-state index contributed by atoms with van der Waals surface area (Å²) < 4.78 is 0. The predicted molar refractivity (Wildman–Crippen MR) is 90.8 cm³/mol.